The fourth-order valence-corrected chi connectivity index (χ4v) is 6.18. The Balaban J connectivity index is 1.80. The van der Waals surface area contributed by atoms with Gasteiger partial charge < -0.3 is 24.8 Å². The first-order valence-electron chi connectivity index (χ1n) is 12.4. The standard InChI is InChI=1S/C29H30BrCl2N3O4/c1-29(2)12-22-27(23(36)13-29)26(19(14-33)28(34)35(22)7-8-37-3)18-10-24(38-4)25(11-20(18)30)39-15-16-5-6-17(31)9-21(16)32/h5-6,9-11,26H,7-8,12-13,15,34H2,1-4H3/t26-/m1/s1. The van der Waals surface area contributed by atoms with Crippen LogP contribution in [-0.2, 0) is 16.1 Å². The number of methoxy groups -OCH3 is 2. The number of hydrogen-bond donors (Lipinski definition) is 1. The molecule has 7 nitrogen and oxygen atoms in total. The molecule has 0 saturated heterocycles. The van der Waals surface area contributed by atoms with Crippen molar-refractivity contribution in [3.05, 3.63) is 78.6 Å². The van der Waals surface area contributed by atoms with Crippen LogP contribution >= 0.6 is 39.1 Å². The number of hydrogen-bond acceptors (Lipinski definition) is 7. The van der Waals surface area contributed by atoms with E-state index in [1.165, 1.54) is 7.11 Å². The van der Waals surface area contributed by atoms with Gasteiger partial charge in [-0.2, -0.15) is 5.26 Å². The molecule has 10 heteroatoms. The van der Waals surface area contributed by atoms with Gasteiger partial charge >= 0.3 is 0 Å². The lowest BCUT2D eigenvalue weighted by Crippen LogP contribution is -2.43. The average Bonchev–Trinajstić information content (AvgIpc) is 2.86. The summed E-state index contributed by atoms with van der Waals surface area (Å²) in [6.45, 7) is 5.16. The zero-order chi connectivity index (χ0) is 28.5. The van der Waals surface area contributed by atoms with Gasteiger partial charge in [-0.05, 0) is 41.7 Å². The molecule has 2 aliphatic rings. The molecule has 39 heavy (non-hydrogen) atoms. The topological polar surface area (TPSA) is 97.8 Å². The van der Waals surface area contributed by atoms with Crippen LogP contribution in [0.2, 0.25) is 10.0 Å². The number of nitrogens with two attached hydrogens (primary N) is 1. The highest BCUT2D eigenvalue weighted by Crippen LogP contribution is 2.51. The quantitative estimate of drug-likeness (QED) is 0.344. The monoisotopic (exact) mass is 633 g/mol. The molecule has 2 aromatic carbocycles. The van der Waals surface area contributed by atoms with E-state index in [4.69, 9.17) is 43.1 Å². The summed E-state index contributed by atoms with van der Waals surface area (Å²) in [5.41, 5.74) is 9.55. The van der Waals surface area contributed by atoms with Crippen LogP contribution in [0.15, 0.2) is 57.5 Å². The number of benzene rings is 2. The van der Waals surface area contributed by atoms with E-state index < -0.39 is 5.92 Å². The smallest absolute Gasteiger partial charge is 0.162 e. The van der Waals surface area contributed by atoms with Crippen molar-refractivity contribution in [2.45, 2.75) is 39.2 Å². The number of nitrogens with zero attached hydrogens (tertiary/aromatic N) is 2. The molecular weight excluding hydrogens is 605 g/mol. The summed E-state index contributed by atoms with van der Waals surface area (Å²) in [6.07, 6.45) is 1.02. The molecule has 0 amide bonds. The predicted molar refractivity (Wildman–Crippen MR) is 155 cm³/mol. The summed E-state index contributed by atoms with van der Waals surface area (Å²) in [6, 6.07) is 11.1. The second-order valence-electron chi connectivity index (χ2n) is 10.3. The SMILES string of the molecule is COCCN1C(N)=C(C#N)[C@@H](c2cc(OC)c(OCc3ccc(Cl)cc3Cl)cc2Br)C2=C1CC(C)(C)CC2=O. The Hall–Kier alpha value is -2.70. The Morgan fingerprint density at radius 1 is 1.18 bits per heavy atom. The van der Waals surface area contributed by atoms with E-state index in [0.29, 0.717) is 74.5 Å². The van der Waals surface area contributed by atoms with Gasteiger partial charge in [0.15, 0.2) is 17.3 Å². The summed E-state index contributed by atoms with van der Waals surface area (Å²) < 4.78 is 17.7. The molecule has 2 N–H and O–H groups in total. The van der Waals surface area contributed by atoms with Gasteiger partial charge in [0.2, 0.25) is 0 Å². The van der Waals surface area contributed by atoms with E-state index in [1.807, 2.05) is 4.90 Å². The molecule has 0 fully saturated rings. The van der Waals surface area contributed by atoms with Crippen molar-refractivity contribution in [3.63, 3.8) is 0 Å². The lowest BCUT2D eigenvalue weighted by atomic mass is 9.68. The van der Waals surface area contributed by atoms with Crippen LogP contribution in [0.4, 0.5) is 0 Å². The van der Waals surface area contributed by atoms with Crippen LogP contribution in [0.3, 0.4) is 0 Å². The lowest BCUT2D eigenvalue weighted by Gasteiger charge is -2.44. The molecule has 1 aliphatic heterocycles. The number of carbonyl (C=O) groups is 1. The minimum atomic E-state index is -0.657. The fraction of sp³-hybridized carbons (Fsp3) is 0.379. The Labute approximate surface area is 247 Å². The maximum absolute atomic E-state index is 13.7. The molecule has 206 valence electrons. The summed E-state index contributed by atoms with van der Waals surface area (Å²) in [4.78, 5) is 15.5. The van der Waals surface area contributed by atoms with Gasteiger partial charge in [-0.25, -0.2) is 0 Å². The Kier molecular flexibility index (Phi) is 8.87. The van der Waals surface area contributed by atoms with E-state index >= 15 is 0 Å². The maximum atomic E-state index is 13.7. The number of carbonyl (C=O) groups excluding carboxylic acids is 1. The normalized spacial score (nSPS) is 18.7. The Morgan fingerprint density at radius 2 is 1.92 bits per heavy atom. The number of ether oxygens (including phenoxy) is 3. The zero-order valence-corrected chi connectivity index (χ0v) is 25.3. The number of Topliss-reactive ketones (excluding diaryl/α,β-unsaturated/α-hetero) is 1. The van der Waals surface area contributed by atoms with Crippen molar-refractivity contribution in [3.8, 4) is 17.6 Å². The number of nitriles is 1. The molecule has 0 saturated carbocycles. The van der Waals surface area contributed by atoms with Gasteiger partial charge in [-0.15, -0.1) is 0 Å². The molecule has 4 rings (SSSR count). The third-order valence-electron chi connectivity index (χ3n) is 7.00. The van der Waals surface area contributed by atoms with Crippen molar-refractivity contribution < 1.29 is 19.0 Å². The van der Waals surface area contributed by atoms with E-state index in [1.54, 1.807) is 37.4 Å². The molecule has 0 aromatic heterocycles. The zero-order valence-electron chi connectivity index (χ0n) is 22.2. The number of ketones is 1. The summed E-state index contributed by atoms with van der Waals surface area (Å²) in [5, 5.41) is 11.3. The number of rotatable bonds is 8. The molecular formula is C29H30BrCl2N3O4. The van der Waals surface area contributed by atoms with E-state index in [2.05, 4.69) is 35.8 Å². The first-order valence-corrected chi connectivity index (χ1v) is 13.9. The molecule has 2 aromatic rings. The second-order valence-corrected chi connectivity index (χ2v) is 12.0. The highest BCUT2D eigenvalue weighted by molar-refractivity contribution is 9.10. The maximum Gasteiger partial charge on any atom is 0.162 e. The number of halogens is 3. The second kappa shape index (κ2) is 11.8. The highest BCUT2D eigenvalue weighted by Gasteiger charge is 2.44. The van der Waals surface area contributed by atoms with Crippen molar-refractivity contribution in [1.29, 1.82) is 5.26 Å². The van der Waals surface area contributed by atoms with Crippen molar-refractivity contribution in [2.24, 2.45) is 11.1 Å². The minimum Gasteiger partial charge on any atom is -0.493 e. The summed E-state index contributed by atoms with van der Waals surface area (Å²) in [5.74, 6) is 0.583. The van der Waals surface area contributed by atoms with Gasteiger partial charge in [0.1, 0.15) is 12.4 Å². The van der Waals surface area contributed by atoms with E-state index in [9.17, 15) is 10.1 Å². The molecule has 0 unspecified atom stereocenters. The van der Waals surface area contributed by atoms with Crippen LogP contribution in [-0.4, -0.2) is 38.1 Å². The Morgan fingerprint density at radius 3 is 2.56 bits per heavy atom. The molecule has 0 spiro atoms. The third-order valence-corrected chi connectivity index (χ3v) is 8.27. The highest BCUT2D eigenvalue weighted by atomic mass is 79.9. The average molecular weight is 635 g/mol. The van der Waals surface area contributed by atoms with E-state index in [0.717, 1.165) is 11.3 Å². The van der Waals surface area contributed by atoms with Gasteiger partial charge in [-0.1, -0.05) is 59.0 Å². The van der Waals surface area contributed by atoms with E-state index in [-0.39, 0.29) is 17.8 Å². The van der Waals surface area contributed by atoms with Gasteiger partial charge in [0.25, 0.3) is 0 Å². The minimum absolute atomic E-state index is 0.00232. The van der Waals surface area contributed by atoms with Gasteiger partial charge in [-0.3, -0.25) is 4.79 Å². The molecule has 0 radical (unpaired) electrons. The molecule has 1 aliphatic carbocycles. The number of allylic oxidation sites excluding steroid dienone is 3. The first kappa shape index (κ1) is 29.3. The van der Waals surface area contributed by atoms with Crippen molar-refractivity contribution in [1.82, 2.24) is 4.90 Å². The van der Waals surface area contributed by atoms with Crippen molar-refractivity contribution in [2.75, 3.05) is 27.4 Å². The van der Waals surface area contributed by atoms with Gasteiger partial charge in [0.05, 0.1) is 31.3 Å². The fourth-order valence-electron chi connectivity index (χ4n) is 5.16. The van der Waals surface area contributed by atoms with Gasteiger partial charge in [0, 0.05) is 51.4 Å². The molecule has 1 heterocycles. The van der Waals surface area contributed by atoms with Crippen LogP contribution in [0.1, 0.15) is 43.7 Å². The van der Waals surface area contributed by atoms with Crippen LogP contribution in [0, 0.1) is 16.7 Å². The first-order chi connectivity index (χ1) is 18.5. The van der Waals surface area contributed by atoms with Crippen LogP contribution < -0.4 is 15.2 Å². The molecule has 0 bridgehead atoms. The largest absolute Gasteiger partial charge is 0.493 e. The summed E-state index contributed by atoms with van der Waals surface area (Å²) in [7, 11) is 3.15. The predicted octanol–water partition coefficient (Wildman–Crippen LogP) is 6.73. The Bertz CT molecular complexity index is 1410. The summed E-state index contributed by atoms with van der Waals surface area (Å²) >= 11 is 16.0. The molecule has 1 atom stereocenters. The van der Waals surface area contributed by atoms with Crippen molar-refractivity contribution >= 4 is 44.9 Å². The third kappa shape index (κ3) is 5.92. The van der Waals surface area contributed by atoms with Crippen LogP contribution in [0.25, 0.3) is 0 Å². The van der Waals surface area contributed by atoms with Crippen LogP contribution in [0.5, 0.6) is 11.5 Å². The lowest BCUT2D eigenvalue weighted by molar-refractivity contribution is -0.118.